The molecule has 2 aliphatic rings. The van der Waals surface area contributed by atoms with E-state index in [1.165, 1.54) is 0 Å². The number of nitrogens with zero attached hydrogens (tertiary/aromatic N) is 3. The smallest absolute Gasteiger partial charge is 0.475 e. The zero-order valence-corrected chi connectivity index (χ0v) is 18.0. The Morgan fingerprint density at radius 3 is 2.42 bits per heavy atom. The average molecular weight is 470 g/mol. The normalized spacial score (nSPS) is 20.0. The van der Waals surface area contributed by atoms with Crippen molar-refractivity contribution in [3.63, 3.8) is 0 Å². The number of hydrogen-bond donors (Lipinski definition) is 2. The molecule has 4 heterocycles. The van der Waals surface area contributed by atoms with Crippen LogP contribution in [-0.2, 0) is 9.53 Å². The van der Waals surface area contributed by atoms with Crippen LogP contribution in [0.25, 0.3) is 0 Å². The van der Waals surface area contributed by atoms with E-state index in [0.717, 1.165) is 32.3 Å². The highest BCUT2D eigenvalue weighted by Crippen LogP contribution is 2.36. The molecule has 1 unspecified atom stereocenters. The van der Waals surface area contributed by atoms with Gasteiger partial charge in [-0.15, -0.1) is 0 Å². The predicted octanol–water partition coefficient (Wildman–Crippen LogP) is 3.28. The number of furan rings is 1. The van der Waals surface area contributed by atoms with Crippen LogP contribution in [0.1, 0.15) is 41.8 Å². The molecule has 1 spiro atoms. The van der Waals surface area contributed by atoms with E-state index in [2.05, 4.69) is 15.3 Å². The lowest BCUT2D eigenvalue weighted by Crippen LogP contribution is -2.52. The third-order valence-corrected chi connectivity index (χ3v) is 5.69. The largest absolute Gasteiger partial charge is 0.490 e. The molecule has 33 heavy (non-hydrogen) atoms. The molecule has 2 fully saturated rings. The molecule has 180 valence electrons. The van der Waals surface area contributed by atoms with E-state index >= 15 is 0 Å². The zero-order chi connectivity index (χ0) is 24.1. The minimum atomic E-state index is -5.08. The molecule has 0 bridgehead atoms. The first-order chi connectivity index (χ1) is 15.6. The van der Waals surface area contributed by atoms with E-state index in [9.17, 15) is 18.0 Å². The van der Waals surface area contributed by atoms with E-state index in [0.29, 0.717) is 36.4 Å². The number of hydrogen-bond acceptors (Lipinski definition) is 7. The molecule has 0 saturated carbocycles. The lowest BCUT2D eigenvalue weighted by molar-refractivity contribution is -0.192. The minimum Gasteiger partial charge on any atom is -0.475 e. The van der Waals surface area contributed by atoms with Crippen LogP contribution >= 0.6 is 0 Å². The minimum absolute atomic E-state index is 0.0502. The topological polar surface area (TPSA) is 118 Å². The summed E-state index contributed by atoms with van der Waals surface area (Å²) in [6.07, 6.45) is 3.53. The van der Waals surface area contributed by atoms with Gasteiger partial charge >= 0.3 is 12.1 Å². The van der Waals surface area contributed by atoms with Crippen molar-refractivity contribution in [2.75, 3.05) is 25.0 Å². The number of amides is 1. The predicted molar refractivity (Wildman–Crippen MR) is 110 cm³/mol. The van der Waals surface area contributed by atoms with Crippen LogP contribution < -0.4 is 5.32 Å². The Morgan fingerprint density at radius 1 is 1.24 bits per heavy atom. The van der Waals surface area contributed by atoms with Crippen molar-refractivity contribution < 1.29 is 37.0 Å². The maximum atomic E-state index is 12.7. The zero-order valence-electron chi connectivity index (χ0n) is 18.0. The van der Waals surface area contributed by atoms with Crippen LogP contribution in [0.3, 0.4) is 0 Å². The van der Waals surface area contributed by atoms with Gasteiger partial charge in [-0.2, -0.15) is 13.2 Å². The summed E-state index contributed by atoms with van der Waals surface area (Å²) < 4.78 is 43.2. The number of rotatable bonds is 3. The average Bonchev–Trinajstić information content (AvgIpc) is 3.20. The Balaban J connectivity index is 0.000000383. The number of carbonyl (C=O) groups excluding carboxylic acids is 1. The number of aliphatic carboxylic acids is 1. The molecular weight excluding hydrogens is 445 g/mol. The third-order valence-electron chi connectivity index (χ3n) is 5.69. The molecule has 9 nitrogen and oxygen atoms in total. The molecule has 2 aromatic rings. The number of alkyl halides is 3. The number of carboxylic acids is 1. The Labute approximate surface area is 187 Å². The van der Waals surface area contributed by atoms with Gasteiger partial charge < -0.3 is 24.5 Å². The molecule has 0 aromatic carbocycles. The first kappa shape index (κ1) is 24.5. The van der Waals surface area contributed by atoms with Gasteiger partial charge in [-0.05, 0) is 44.7 Å². The maximum absolute atomic E-state index is 12.7. The van der Waals surface area contributed by atoms with Crippen molar-refractivity contribution in [1.29, 1.82) is 0 Å². The SMILES string of the molecule is Cc1occc1C(=O)N1CCC2(CC1)CC(Nc1ncccn1)CCO2.O=C(O)C(F)(F)F. The standard InChI is InChI=1S/C19H24N4O3.C2HF3O2/c1-14-16(4-11-25-14)17(24)23-9-5-19(6-10-23)13-15(3-12-26-19)22-18-20-7-2-8-21-18;3-2(4,5)1(6)7/h2,4,7-8,11,15H,3,5-6,9-10,12-13H2,1H3,(H,20,21,22);(H,6,7). The monoisotopic (exact) mass is 470 g/mol. The molecule has 4 rings (SSSR count). The van der Waals surface area contributed by atoms with Gasteiger partial charge in [0.25, 0.3) is 5.91 Å². The highest BCUT2D eigenvalue weighted by molar-refractivity contribution is 5.95. The van der Waals surface area contributed by atoms with E-state index in [4.69, 9.17) is 19.1 Å². The van der Waals surface area contributed by atoms with Gasteiger partial charge in [0.05, 0.1) is 17.4 Å². The van der Waals surface area contributed by atoms with Gasteiger partial charge in [0.15, 0.2) is 0 Å². The quantitative estimate of drug-likeness (QED) is 0.702. The van der Waals surface area contributed by atoms with Crippen LogP contribution in [0.2, 0.25) is 0 Å². The van der Waals surface area contributed by atoms with E-state index in [1.54, 1.807) is 24.7 Å². The number of nitrogens with one attached hydrogen (secondary N) is 1. The molecule has 1 atom stereocenters. The number of aromatic nitrogens is 2. The second-order valence-corrected chi connectivity index (χ2v) is 7.92. The van der Waals surface area contributed by atoms with Crippen LogP contribution in [0.5, 0.6) is 0 Å². The number of carboxylic acid groups (broad SMARTS) is 1. The fraction of sp³-hybridized carbons (Fsp3) is 0.524. The summed E-state index contributed by atoms with van der Waals surface area (Å²) in [4.78, 5) is 32.0. The van der Waals surface area contributed by atoms with Gasteiger partial charge in [-0.3, -0.25) is 4.79 Å². The van der Waals surface area contributed by atoms with Gasteiger partial charge in [-0.1, -0.05) is 0 Å². The lowest BCUT2D eigenvalue weighted by Gasteiger charge is -2.46. The fourth-order valence-electron chi connectivity index (χ4n) is 3.95. The van der Waals surface area contributed by atoms with Crippen molar-refractivity contribution in [1.82, 2.24) is 14.9 Å². The second-order valence-electron chi connectivity index (χ2n) is 7.92. The summed E-state index contributed by atoms with van der Waals surface area (Å²) in [5, 5.41) is 10.5. The molecule has 2 aliphatic heterocycles. The van der Waals surface area contributed by atoms with Crippen molar-refractivity contribution >= 4 is 17.8 Å². The number of ether oxygens (including phenoxy) is 1. The summed E-state index contributed by atoms with van der Waals surface area (Å²) in [5.41, 5.74) is 0.499. The number of piperidine rings is 1. The molecule has 2 N–H and O–H groups in total. The van der Waals surface area contributed by atoms with Crippen LogP contribution in [0.4, 0.5) is 19.1 Å². The Bertz CT molecular complexity index is 943. The molecule has 0 radical (unpaired) electrons. The van der Waals surface area contributed by atoms with Gasteiger partial charge in [-0.25, -0.2) is 14.8 Å². The van der Waals surface area contributed by atoms with Gasteiger partial charge in [0.2, 0.25) is 5.95 Å². The summed E-state index contributed by atoms with van der Waals surface area (Å²) in [6.45, 7) is 3.96. The molecular formula is C21H25F3N4O5. The Morgan fingerprint density at radius 2 is 1.88 bits per heavy atom. The maximum Gasteiger partial charge on any atom is 0.490 e. The van der Waals surface area contributed by atoms with Crippen molar-refractivity contribution in [3.8, 4) is 0 Å². The second kappa shape index (κ2) is 10.2. The highest BCUT2D eigenvalue weighted by Gasteiger charge is 2.41. The van der Waals surface area contributed by atoms with Crippen molar-refractivity contribution in [2.24, 2.45) is 0 Å². The first-order valence-corrected chi connectivity index (χ1v) is 10.4. The van der Waals surface area contributed by atoms with E-state index < -0.39 is 12.1 Å². The third kappa shape index (κ3) is 6.44. The number of carbonyl (C=O) groups is 2. The lowest BCUT2D eigenvalue weighted by atomic mass is 9.82. The fourth-order valence-corrected chi connectivity index (χ4v) is 3.95. The van der Waals surface area contributed by atoms with Crippen LogP contribution in [0, 0.1) is 6.92 Å². The van der Waals surface area contributed by atoms with Crippen molar-refractivity contribution in [3.05, 3.63) is 42.1 Å². The molecule has 2 saturated heterocycles. The van der Waals surface area contributed by atoms with E-state index in [1.807, 2.05) is 17.9 Å². The molecule has 12 heteroatoms. The van der Waals surface area contributed by atoms with Crippen LogP contribution in [-0.4, -0.2) is 69.4 Å². The Kier molecular flexibility index (Phi) is 7.57. The summed E-state index contributed by atoms with van der Waals surface area (Å²) in [5.74, 6) is -1.37. The summed E-state index contributed by atoms with van der Waals surface area (Å²) >= 11 is 0. The number of anilines is 1. The molecule has 2 aromatic heterocycles. The number of halogens is 3. The number of aryl methyl sites for hydroxylation is 1. The van der Waals surface area contributed by atoms with Crippen molar-refractivity contribution in [2.45, 2.75) is 50.4 Å². The summed E-state index contributed by atoms with van der Waals surface area (Å²) in [6, 6.07) is 3.86. The highest BCUT2D eigenvalue weighted by atomic mass is 19.4. The van der Waals surface area contributed by atoms with Gasteiger partial charge in [0, 0.05) is 38.1 Å². The van der Waals surface area contributed by atoms with E-state index in [-0.39, 0.29) is 11.5 Å². The summed E-state index contributed by atoms with van der Waals surface area (Å²) in [7, 11) is 0. The molecule has 0 aliphatic carbocycles. The van der Waals surface area contributed by atoms with Gasteiger partial charge in [0.1, 0.15) is 5.76 Å². The first-order valence-electron chi connectivity index (χ1n) is 10.4. The Hall–Kier alpha value is -3.15. The van der Waals surface area contributed by atoms with Crippen LogP contribution in [0.15, 0.2) is 35.2 Å². The number of likely N-dealkylation sites (tertiary alicyclic amines) is 1. The molecule has 1 amide bonds.